The van der Waals surface area contributed by atoms with Crippen LogP contribution in [0.1, 0.15) is 25.3 Å². The number of ketones is 1. The number of aromatic nitrogens is 2. The van der Waals surface area contributed by atoms with E-state index in [-0.39, 0.29) is 11.7 Å². The molecule has 0 aliphatic carbocycles. The predicted molar refractivity (Wildman–Crippen MR) is 121 cm³/mol. The van der Waals surface area contributed by atoms with Gasteiger partial charge in [-0.15, -0.1) is 0 Å². The molecular formula is C24H23N5O2. The molecule has 2 aromatic heterocycles. The second-order valence-electron chi connectivity index (χ2n) is 7.89. The fourth-order valence-electron chi connectivity index (χ4n) is 4.28. The molecule has 156 valence electrons. The summed E-state index contributed by atoms with van der Waals surface area (Å²) in [4.78, 5) is 34.7. The number of Topliss-reactive ketones (excluding diaryl/α,β-unsaturated/α-hetero) is 1. The van der Waals surface area contributed by atoms with Crippen molar-refractivity contribution in [3.63, 3.8) is 0 Å². The van der Waals surface area contributed by atoms with E-state index in [4.69, 9.17) is 0 Å². The molecule has 31 heavy (non-hydrogen) atoms. The number of H-pyrrole nitrogens is 1. The molecule has 1 N–H and O–H groups in total. The van der Waals surface area contributed by atoms with Gasteiger partial charge in [0.05, 0.1) is 5.69 Å². The zero-order valence-corrected chi connectivity index (χ0v) is 17.3. The van der Waals surface area contributed by atoms with Crippen molar-refractivity contribution in [1.29, 1.82) is 0 Å². The van der Waals surface area contributed by atoms with E-state index in [1.807, 2.05) is 42.6 Å². The monoisotopic (exact) mass is 413 g/mol. The van der Waals surface area contributed by atoms with Crippen LogP contribution >= 0.6 is 0 Å². The number of carbonyl (C=O) groups is 2. The molecule has 0 radical (unpaired) electrons. The normalized spacial score (nSPS) is 18.8. The van der Waals surface area contributed by atoms with Gasteiger partial charge < -0.3 is 9.88 Å². The minimum absolute atomic E-state index is 0.00387. The molecule has 0 saturated carbocycles. The van der Waals surface area contributed by atoms with Gasteiger partial charge >= 0.3 is 0 Å². The quantitative estimate of drug-likeness (QED) is 0.711. The summed E-state index contributed by atoms with van der Waals surface area (Å²) < 4.78 is 0. The maximum atomic E-state index is 13.2. The third-order valence-electron chi connectivity index (χ3n) is 5.94. The number of pyridine rings is 1. The van der Waals surface area contributed by atoms with E-state index in [0.29, 0.717) is 25.2 Å². The molecular weight excluding hydrogens is 390 g/mol. The van der Waals surface area contributed by atoms with Gasteiger partial charge in [0.15, 0.2) is 5.78 Å². The van der Waals surface area contributed by atoms with Gasteiger partial charge in [-0.2, -0.15) is 5.10 Å². The Morgan fingerprint density at radius 1 is 1.13 bits per heavy atom. The summed E-state index contributed by atoms with van der Waals surface area (Å²) in [5, 5.41) is 7.32. The molecule has 7 heteroatoms. The van der Waals surface area contributed by atoms with Crippen LogP contribution in [0.5, 0.6) is 0 Å². The largest absolute Gasteiger partial charge is 0.346 e. The van der Waals surface area contributed by atoms with Gasteiger partial charge in [-0.3, -0.25) is 14.6 Å². The zero-order valence-electron chi connectivity index (χ0n) is 17.3. The van der Waals surface area contributed by atoms with Crippen LogP contribution in [0.4, 0.5) is 5.69 Å². The number of anilines is 1. The second-order valence-corrected chi connectivity index (χ2v) is 7.89. The van der Waals surface area contributed by atoms with Crippen molar-refractivity contribution in [3.05, 3.63) is 66.5 Å². The lowest BCUT2D eigenvalue weighted by Crippen LogP contribution is -2.39. The average Bonchev–Trinajstić information content (AvgIpc) is 3.44. The Morgan fingerprint density at radius 2 is 1.97 bits per heavy atom. The van der Waals surface area contributed by atoms with Crippen LogP contribution < -0.4 is 5.01 Å². The summed E-state index contributed by atoms with van der Waals surface area (Å²) in [6, 6.07) is 13.1. The van der Waals surface area contributed by atoms with E-state index in [0.717, 1.165) is 28.7 Å². The van der Waals surface area contributed by atoms with E-state index in [2.05, 4.69) is 27.2 Å². The number of hydrogen-bond acceptors (Lipinski definition) is 5. The first kappa shape index (κ1) is 19.2. The third kappa shape index (κ3) is 3.52. The van der Waals surface area contributed by atoms with Crippen LogP contribution in [-0.2, 0) is 9.59 Å². The van der Waals surface area contributed by atoms with E-state index in [1.165, 1.54) is 5.57 Å². The Balaban J connectivity index is 1.35. The van der Waals surface area contributed by atoms with Gasteiger partial charge in [0.25, 0.3) is 5.91 Å². The minimum Gasteiger partial charge on any atom is -0.346 e. The number of benzene rings is 1. The number of fused-ring (bicyclic) bond motifs is 1. The van der Waals surface area contributed by atoms with Crippen molar-refractivity contribution in [3.8, 4) is 0 Å². The topological polar surface area (TPSA) is 81.7 Å². The molecule has 2 aliphatic rings. The van der Waals surface area contributed by atoms with Crippen LogP contribution in [0.3, 0.4) is 0 Å². The predicted octanol–water partition coefficient (Wildman–Crippen LogP) is 3.40. The lowest BCUT2D eigenvalue weighted by atomic mass is 9.99. The Labute approximate surface area is 180 Å². The molecule has 5 rings (SSSR count). The highest BCUT2D eigenvalue weighted by Crippen LogP contribution is 2.30. The summed E-state index contributed by atoms with van der Waals surface area (Å²) in [6.45, 7) is 2.69. The van der Waals surface area contributed by atoms with Crippen LogP contribution in [-0.4, -0.2) is 51.4 Å². The molecule has 4 heterocycles. The summed E-state index contributed by atoms with van der Waals surface area (Å²) in [5.74, 6) is -0.0928. The van der Waals surface area contributed by atoms with E-state index < -0.39 is 6.04 Å². The van der Waals surface area contributed by atoms with Gasteiger partial charge in [0, 0.05) is 42.9 Å². The van der Waals surface area contributed by atoms with Crippen molar-refractivity contribution >= 4 is 39.7 Å². The number of carbonyl (C=O) groups excluding carboxylic acids is 2. The van der Waals surface area contributed by atoms with Crippen molar-refractivity contribution in [2.24, 2.45) is 5.10 Å². The molecule has 1 aromatic carbocycles. The molecule has 1 amide bonds. The molecule has 0 spiro atoms. The summed E-state index contributed by atoms with van der Waals surface area (Å²) >= 11 is 0. The summed E-state index contributed by atoms with van der Waals surface area (Å²) in [5.41, 5.74) is 4.48. The number of rotatable bonds is 4. The number of hydrogen-bond donors (Lipinski definition) is 1. The first-order valence-corrected chi connectivity index (χ1v) is 10.4. The maximum absolute atomic E-state index is 13.2. The number of aromatic amines is 1. The third-order valence-corrected chi connectivity index (χ3v) is 5.94. The second kappa shape index (κ2) is 7.83. The fraction of sp³-hybridized carbons (Fsp3) is 0.250. The van der Waals surface area contributed by atoms with E-state index in [1.54, 1.807) is 23.0 Å². The van der Waals surface area contributed by atoms with Crippen molar-refractivity contribution in [2.75, 3.05) is 18.1 Å². The molecule has 7 nitrogen and oxygen atoms in total. The molecule has 1 unspecified atom stereocenters. The highest BCUT2D eigenvalue weighted by Gasteiger charge is 2.36. The molecule has 3 aromatic rings. The van der Waals surface area contributed by atoms with Gasteiger partial charge in [-0.05, 0) is 43.2 Å². The SMILES string of the molecule is CC(=O)C1CC(C(=O)N2CC=C(c3c[nH]c4ncccc34)CC2)=NN1c1ccccc1. The fourth-order valence-corrected chi connectivity index (χ4v) is 4.28. The van der Waals surface area contributed by atoms with Gasteiger partial charge in [0.1, 0.15) is 17.4 Å². The standard InChI is InChI=1S/C24H23N5O2/c1-16(30)22-14-21(27-29(22)18-6-3-2-4-7-18)24(31)28-12-9-17(10-13-28)20-15-26-23-19(20)8-5-11-25-23/h2-9,11,15,22H,10,12-14H2,1H3,(H,25,26). The van der Waals surface area contributed by atoms with Crippen molar-refractivity contribution in [1.82, 2.24) is 14.9 Å². The molecule has 1 atom stereocenters. The van der Waals surface area contributed by atoms with Crippen LogP contribution in [0, 0.1) is 0 Å². The molecule has 0 bridgehead atoms. The molecule has 0 saturated heterocycles. The highest BCUT2D eigenvalue weighted by molar-refractivity contribution is 6.40. The average molecular weight is 413 g/mol. The number of nitrogens with one attached hydrogen (secondary N) is 1. The van der Waals surface area contributed by atoms with Crippen molar-refractivity contribution in [2.45, 2.75) is 25.8 Å². The van der Waals surface area contributed by atoms with E-state index in [9.17, 15) is 9.59 Å². The zero-order chi connectivity index (χ0) is 21.4. The summed E-state index contributed by atoms with van der Waals surface area (Å²) in [6.07, 6.45) is 6.96. The Bertz CT molecular complexity index is 1210. The first-order valence-electron chi connectivity index (χ1n) is 10.4. The van der Waals surface area contributed by atoms with Gasteiger partial charge in [-0.25, -0.2) is 4.98 Å². The van der Waals surface area contributed by atoms with E-state index >= 15 is 0 Å². The smallest absolute Gasteiger partial charge is 0.270 e. The van der Waals surface area contributed by atoms with Gasteiger partial charge in [0.2, 0.25) is 0 Å². The maximum Gasteiger partial charge on any atom is 0.270 e. The van der Waals surface area contributed by atoms with Crippen molar-refractivity contribution < 1.29 is 9.59 Å². The molecule has 2 aliphatic heterocycles. The van der Waals surface area contributed by atoms with Crippen LogP contribution in [0.2, 0.25) is 0 Å². The number of para-hydroxylation sites is 1. The molecule has 0 fully saturated rings. The number of nitrogens with zero attached hydrogens (tertiary/aromatic N) is 4. The number of hydrazone groups is 1. The lowest BCUT2D eigenvalue weighted by Gasteiger charge is -2.26. The Kier molecular flexibility index (Phi) is 4.86. The van der Waals surface area contributed by atoms with Gasteiger partial charge in [-0.1, -0.05) is 24.3 Å². The minimum atomic E-state index is -0.434. The first-order chi connectivity index (χ1) is 15.1. The van der Waals surface area contributed by atoms with Crippen LogP contribution in [0.15, 0.2) is 66.0 Å². The Hall–Kier alpha value is -3.74. The van der Waals surface area contributed by atoms with Crippen LogP contribution in [0.25, 0.3) is 16.6 Å². The number of amides is 1. The lowest BCUT2D eigenvalue weighted by molar-refractivity contribution is -0.123. The summed E-state index contributed by atoms with van der Waals surface area (Å²) in [7, 11) is 0. The Morgan fingerprint density at radius 3 is 2.71 bits per heavy atom. The highest BCUT2D eigenvalue weighted by atomic mass is 16.2.